The molecule has 0 atom stereocenters. The van der Waals surface area contributed by atoms with Crippen LogP contribution in [-0.4, -0.2) is 33.9 Å². The van der Waals surface area contributed by atoms with Crippen molar-refractivity contribution in [2.45, 2.75) is 54.0 Å². The zero-order chi connectivity index (χ0) is 21.8. The number of rotatable bonds is 8. The van der Waals surface area contributed by atoms with Crippen LogP contribution in [0.4, 0.5) is 5.69 Å². The van der Waals surface area contributed by atoms with Crippen molar-refractivity contribution in [1.29, 1.82) is 0 Å². The monoisotopic (exact) mass is 426 g/mol. The van der Waals surface area contributed by atoms with Crippen LogP contribution in [0.25, 0.3) is 10.2 Å². The van der Waals surface area contributed by atoms with E-state index in [4.69, 9.17) is 0 Å². The second-order valence-corrected chi connectivity index (χ2v) is 8.74. The molecule has 0 aliphatic rings. The highest BCUT2D eigenvalue weighted by Crippen LogP contribution is 2.28. The zero-order valence-electron chi connectivity index (χ0n) is 18.4. The van der Waals surface area contributed by atoms with Crippen LogP contribution in [0.3, 0.4) is 0 Å². The molecule has 0 unspecified atom stereocenters. The summed E-state index contributed by atoms with van der Waals surface area (Å²) in [6, 6.07) is 5.91. The van der Waals surface area contributed by atoms with Gasteiger partial charge in [0.25, 0.3) is 11.5 Å². The molecule has 0 saturated heterocycles. The number of hydrogen-bond acceptors (Lipinski definition) is 5. The van der Waals surface area contributed by atoms with E-state index in [0.717, 1.165) is 42.7 Å². The van der Waals surface area contributed by atoms with Crippen LogP contribution in [-0.2, 0) is 6.54 Å². The second-order valence-electron chi connectivity index (χ2n) is 7.74. The summed E-state index contributed by atoms with van der Waals surface area (Å²) in [4.78, 5) is 36.7. The van der Waals surface area contributed by atoms with E-state index in [9.17, 15) is 9.59 Å². The van der Waals surface area contributed by atoms with Gasteiger partial charge in [0.1, 0.15) is 10.7 Å². The molecular formula is C23H30N4O2S. The van der Waals surface area contributed by atoms with E-state index in [2.05, 4.69) is 34.0 Å². The van der Waals surface area contributed by atoms with Crippen molar-refractivity contribution in [3.63, 3.8) is 0 Å². The van der Waals surface area contributed by atoms with Crippen LogP contribution in [0.15, 0.2) is 23.0 Å². The van der Waals surface area contributed by atoms with Crippen molar-refractivity contribution < 1.29 is 4.79 Å². The van der Waals surface area contributed by atoms with Gasteiger partial charge in [0.2, 0.25) is 0 Å². The third-order valence-electron chi connectivity index (χ3n) is 5.33. The molecule has 7 heteroatoms. The number of anilines is 1. The number of hydrogen-bond donors (Lipinski definition) is 2. The van der Waals surface area contributed by atoms with E-state index in [-0.39, 0.29) is 11.5 Å². The lowest BCUT2D eigenvalue weighted by molar-refractivity contribution is 0.103. The highest BCUT2D eigenvalue weighted by atomic mass is 32.1. The van der Waals surface area contributed by atoms with Gasteiger partial charge in [-0.2, -0.15) is 0 Å². The molecule has 1 amide bonds. The number of aryl methyl sites for hydroxylation is 3. The molecule has 0 aliphatic carbocycles. The fourth-order valence-electron chi connectivity index (χ4n) is 3.56. The summed E-state index contributed by atoms with van der Waals surface area (Å²) in [5.74, 6) is 0.439. The minimum Gasteiger partial charge on any atom is -0.321 e. The highest BCUT2D eigenvalue weighted by Gasteiger charge is 2.20. The summed E-state index contributed by atoms with van der Waals surface area (Å²) in [6.45, 7) is 12.5. The maximum absolute atomic E-state index is 12.9. The zero-order valence-corrected chi connectivity index (χ0v) is 19.2. The normalized spacial score (nSPS) is 11.4. The Hall–Kier alpha value is -2.51. The molecule has 3 aromatic rings. The molecule has 0 aliphatic heterocycles. The van der Waals surface area contributed by atoms with Crippen LogP contribution in [0.1, 0.15) is 58.9 Å². The number of nitrogens with zero attached hydrogens (tertiary/aromatic N) is 2. The Morgan fingerprint density at radius 2 is 2.00 bits per heavy atom. The molecule has 1 aromatic carbocycles. The topological polar surface area (TPSA) is 78.1 Å². The second kappa shape index (κ2) is 9.53. The van der Waals surface area contributed by atoms with Crippen molar-refractivity contribution in [2.24, 2.45) is 0 Å². The number of nitrogens with one attached hydrogen (secondary N) is 2. The minimum atomic E-state index is -0.207. The maximum atomic E-state index is 12.9. The Morgan fingerprint density at radius 1 is 1.23 bits per heavy atom. The standard InChI is InChI=1S/C23H30N4O2S/c1-6-8-11-27(7-2)13-18-25-21(28)19-16(5)20(30-23(19)26-18)22(29)24-17-10-9-14(3)12-15(17)4/h9-10,12H,6-8,11,13H2,1-5H3,(H,24,29)(H,25,26,28). The Kier molecular flexibility index (Phi) is 7.05. The summed E-state index contributed by atoms with van der Waals surface area (Å²) in [7, 11) is 0. The molecule has 0 fully saturated rings. The summed E-state index contributed by atoms with van der Waals surface area (Å²) in [5, 5.41) is 3.48. The Bertz CT molecular complexity index is 1120. The molecule has 0 radical (unpaired) electrons. The lowest BCUT2D eigenvalue weighted by Gasteiger charge is -2.19. The average Bonchev–Trinajstić information content (AvgIpc) is 3.04. The van der Waals surface area contributed by atoms with Crippen LogP contribution < -0.4 is 10.9 Å². The summed E-state index contributed by atoms with van der Waals surface area (Å²) in [5.41, 5.74) is 3.43. The van der Waals surface area contributed by atoms with Gasteiger partial charge in [-0.15, -0.1) is 11.3 Å². The predicted octanol–water partition coefficient (Wildman–Crippen LogP) is 4.78. The molecule has 0 bridgehead atoms. The van der Waals surface area contributed by atoms with Crippen LogP contribution in [0.2, 0.25) is 0 Å². The minimum absolute atomic E-state index is 0.180. The van der Waals surface area contributed by atoms with Gasteiger partial charge in [-0.25, -0.2) is 4.98 Å². The molecule has 2 heterocycles. The van der Waals surface area contributed by atoms with Gasteiger partial charge in [0.15, 0.2) is 0 Å². The number of amides is 1. The van der Waals surface area contributed by atoms with Gasteiger partial charge in [-0.3, -0.25) is 14.5 Å². The Balaban J connectivity index is 1.90. The van der Waals surface area contributed by atoms with Gasteiger partial charge < -0.3 is 10.3 Å². The van der Waals surface area contributed by atoms with E-state index < -0.39 is 0 Å². The number of unbranched alkanes of at least 4 members (excludes halogenated alkanes) is 1. The average molecular weight is 427 g/mol. The summed E-state index contributed by atoms with van der Waals surface area (Å²) in [6.07, 6.45) is 2.24. The van der Waals surface area contributed by atoms with Gasteiger partial charge in [0.05, 0.1) is 16.8 Å². The predicted molar refractivity (Wildman–Crippen MR) is 125 cm³/mol. The van der Waals surface area contributed by atoms with E-state index in [1.54, 1.807) is 0 Å². The molecule has 160 valence electrons. The summed E-state index contributed by atoms with van der Waals surface area (Å²) < 4.78 is 0. The molecule has 2 N–H and O–H groups in total. The first-order valence-electron chi connectivity index (χ1n) is 10.5. The van der Waals surface area contributed by atoms with Crippen molar-refractivity contribution in [2.75, 3.05) is 18.4 Å². The van der Waals surface area contributed by atoms with E-state index in [1.807, 2.05) is 39.0 Å². The summed E-state index contributed by atoms with van der Waals surface area (Å²) >= 11 is 1.28. The number of fused-ring (bicyclic) bond motifs is 1. The molecule has 0 spiro atoms. The first-order valence-corrected chi connectivity index (χ1v) is 11.3. The number of H-pyrrole nitrogens is 1. The molecule has 6 nitrogen and oxygen atoms in total. The van der Waals surface area contributed by atoms with E-state index in [1.165, 1.54) is 11.3 Å². The van der Waals surface area contributed by atoms with Crippen molar-refractivity contribution in [3.8, 4) is 0 Å². The smallest absolute Gasteiger partial charge is 0.266 e. The SMILES string of the molecule is CCCCN(CC)Cc1nc2sc(C(=O)Nc3ccc(C)cc3C)c(C)c2c(=O)[nH]1. The number of thiophene rings is 1. The maximum Gasteiger partial charge on any atom is 0.266 e. The van der Waals surface area contributed by atoms with E-state index >= 15 is 0 Å². The fraction of sp³-hybridized carbons (Fsp3) is 0.435. The number of benzene rings is 1. The lowest BCUT2D eigenvalue weighted by atomic mass is 10.1. The third-order valence-corrected chi connectivity index (χ3v) is 6.52. The van der Waals surface area contributed by atoms with Gasteiger partial charge in [-0.1, -0.05) is 38.0 Å². The van der Waals surface area contributed by atoms with Crippen LogP contribution >= 0.6 is 11.3 Å². The molecule has 3 rings (SSSR count). The number of carbonyl (C=O) groups is 1. The van der Waals surface area contributed by atoms with Crippen molar-refractivity contribution in [1.82, 2.24) is 14.9 Å². The number of aromatic amines is 1. The van der Waals surface area contributed by atoms with Gasteiger partial charge in [-0.05, 0) is 57.5 Å². The van der Waals surface area contributed by atoms with E-state index in [0.29, 0.717) is 33.0 Å². The van der Waals surface area contributed by atoms with Gasteiger partial charge >= 0.3 is 0 Å². The molecular weight excluding hydrogens is 396 g/mol. The Labute approximate surface area is 181 Å². The quantitative estimate of drug-likeness (QED) is 0.543. The van der Waals surface area contributed by atoms with Crippen LogP contribution in [0.5, 0.6) is 0 Å². The highest BCUT2D eigenvalue weighted by molar-refractivity contribution is 7.20. The lowest BCUT2D eigenvalue weighted by Crippen LogP contribution is -2.26. The molecule has 2 aromatic heterocycles. The molecule has 0 saturated carbocycles. The van der Waals surface area contributed by atoms with Crippen molar-refractivity contribution in [3.05, 3.63) is 55.9 Å². The van der Waals surface area contributed by atoms with Crippen LogP contribution in [0, 0.1) is 20.8 Å². The largest absolute Gasteiger partial charge is 0.321 e. The molecule has 30 heavy (non-hydrogen) atoms. The number of carbonyl (C=O) groups excluding carboxylic acids is 1. The Morgan fingerprint density at radius 3 is 2.67 bits per heavy atom. The first kappa shape index (κ1) is 22.2. The first-order chi connectivity index (χ1) is 14.3. The van der Waals surface area contributed by atoms with Gasteiger partial charge in [0, 0.05) is 5.69 Å². The fourth-order valence-corrected chi connectivity index (χ4v) is 4.65. The third kappa shape index (κ3) is 4.79. The van der Waals surface area contributed by atoms with Crippen molar-refractivity contribution >= 4 is 33.1 Å². The number of aromatic nitrogens is 2.